The molecule has 0 fully saturated rings. The van der Waals surface area contributed by atoms with E-state index in [-0.39, 0.29) is 17.2 Å². The first-order valence-corrected chi connectivity index (χ1v) is 11.8. The molecule has 9 heteroatoms. The number of carbonyl (C=O) groups is 1. The van der Waals surface area contributed by atoms with Gasteiger partial charge in [-0.3, -0.25) is 9.78 Å². The van der Waals surface area contributed by atoms with Crippen molar-refractivity contribution in [2.24, 2.45) is 0 Å². The Morgan fingerprint density at radius 3 is 2.54 bits per heavy atom. The summed E-state index contributed by atoms with van der Waals surface area (Å²) in [7, 11) is 0. The number of nitrogens with one attached hydrogen (secondary N) is 1. The van der Waals surface area contributed by atoms with Gasteiger partial charge in [-0.25, -0.2) is 15.0 Å². The molecule has 37 heavy (non-hydrogen) atoms. The quantitative estimate of drug-likeness (QED) is 0.329. The number of anilines is 1. The molecular weight excluding hydrogens is 486 g/mol. The fourth-order valence-electron chi connectivity index (χ4n) is 3.99. The van der Waals surface area contributed by atoms with Gasteiger partial charge in [0.25, 0.3) is 5.91 Å². The van der Waals surface area contributed by atoms with Gasteiger partial charge in [-0.1, -0.05) is 54.1 Å². The van der Waals surface area contributed by atoms with Crippen molar-refractivity contribution < 1.29 is 4.79 Å². The van der Waals surface area contributed by atoms with Crippen LogP contribution in [0.4, 0.5) is 5.82 Å². The van der Waals surface area contributed by atoms with Crippen LogP contribution >= 0.6 is 11.6 Å². The lowest BCUT2D eigenvalue weighted by Gasteiger charge is -2.16. The van der Waals surface area contributed by atoms with E-state index in [1.807, 2.05) is 54.6 Å². The predicted molar refractivity (Wildman–Crippen MR) is 142 cm³/mol. The van der Waals surface area contributed by atoms with E-state index in [1.165, 1.54) is 0 Å². The third kappa shape index (κ3) is 4.81. The molecule has 0 saturated carbocycles. The average Bonchev–Trinajstić information content (AvgIpc) is 2.93. The number of pyridine rings is 2. The summed E-state index contributed by atoms with van der Waals surface area (Å²) in [5, 5.41) is 13.3. The van der Waals surface area contributed by atoms with Crippen molar-refractivity contribution >= 4 is 34.2 Å². The molecule has 3 aromatic heterocycles. The number of nitrogens with zero attached hydrogens (tertiary/aromatic N) is 5. The lowest BCUT2D eigenvalue weighted by atomic mass is 10.0. The highest BCUT2D eigenvalue weighted by molar-refractivity contribution is 6.35. The maximum absolute atomic E-state index is 13.3. The Balaban J connectivity index is 1.61. The highest BCUT2D eigenvalue weighted by atomic mass is 35.5. The Hall–Kier alpha value is -4.87. The molecule has 0 bridgehead atoms. The number of rotatable bonds is 5. The average molecular weight is 506 g/mol. The van der Waals surface area contributed by atoms with Crippen LogP contribution in [0.15, 0.2) is 79.0 Å². The van der Waals surface area contributed by atoms with Gasteiger partial charge in [0.2, 0.25) is 0 Å². The van der Waals surface area contributed by atoms with Crippen LogP contribution in [0, 0.1) is 11.3 Å². The minimum atomic E-state index is -0.518. The van der Waals surface area contributed by atoms with E-state index in [0.29, 0.717) is 33.2 Å². The Labute approximate surface area is 217 Å². The Morgan fingerprint density at radius 2 is 1.76 bits per heavy atom. The number of nitrogens with two attached hydrogens (primary N) is 1. The molecule has 5 rings (SSSR count). The van der Waals surface area contributed by atoms with Crippen molar-refractivity contribution in [3.63, 3.8) is 0 Å². The first kappa shape index (κ1) is 23.9. The number of nitriles is 1. The van der Waals surface area contributed by atoms with Crippen molar-refractivity contribution in [3.8, 4) is 28.6 Å². The number of benzene rings is 2. The van der Waals surface area contributed by atoms with E-state index >= 15 is 0 Å². The third-order valence-electron chi connectivity index (χ3n) is 5.79. The largest absolute Gasteiger partial charge is 0.382 e. The Kier molecular flexibility index (Phi) is 6.45. The Morgan fingerprint density at radius 1 is 0.973 bits per heavy atom. The van der Waals surface area contributed by atoms with Crippen molar-refractivity contribution in [2.75, 3.05) is 5.73 Å². The van der Waals surface area contributed by atoms with Gasteiger partial charge in [-0.2, -0.15) is 5.26 Å². The van der Waals surface area contributed by atoms with Crippen molar-refractivity contribution in [2.45, 2.75) is 13.0 Å². The summed E-state index contributed by atoms with van der Waals surface area (Å²) in [6.45, 7) is 1.76. The summed E-state index contributed by atoms with van der Waals surface area (Å²) >= 11 is 6.56. The standard InChI is InChI=1S/C28H20ClN7O/c1-16(22-11-5-10-20(15-30)34-22)33-28(37)26-27(31)36-24(17-7-3-2-4-8-17)25(35-26)19-13-18-9-6-12-32-23(18)21(29)14-19/h2-14,16H,1H3,(H2,31,36)(H,33,37)/t16-/m1/s1. The molecule has 2 aromatic carbocycles. The monoisotopic (exact) mass is 505 g/mol. The fourth-order valence-corrected chi connectivity index (χ4v) is 4.27. The lowest BCUT2D eigenvalue weighted by Crippen LogP contribution is -2.29. The van der Waals surface area contributed by atoms with Crippen LogP contribution in [0.25, 0.3) is 33.4 Å². The van der Waals surface area contributed by atoms with E-state index in [2.05, 4.69) is 20.3 Å². The molecule has 0 spiro atoms. The molecule has 0 aliphatic heterocycles. The number of halogens is 1. The summed E-state index contributed by atoms with van der Waals surface area (Å²) in [4.78, 5) is 31.2. The van der Waals surface area contributed by atoms with Gasteiger partial charge in [-0.15, -0.1) is 0 Å². The Bertz CT molecular complexity index is 1680. The van der Waals surface area contributed by atoms with E-state index < -0.39 is 11.9 Å². The predicted octanol–water partition coefficient (Wildman–Crippen LogP) is 5.35. The highest BCUT2D eigenvalue weighted by Gasteiger charge is 2.22. The van der Waals surface area contributed by atoms with Gasteiger partial charge < -0.3 is 11.1 Å². The summed E-state index contributed by atoms with van der Waals surface area (Å²) in [6.07, 6.45) is 1.68. The maximum atomic E-state index is 13.3. The zero-order valence-corrected chi connectivity index (χ0v) is 20.4. The van der Waals surface area contributed by atoms with Crippen molar-refractivity contribution in [1.82, 2.24) is 25.3 Å². The minimum absolute atomic E-state index is 0.0143. The third-order valence-corrected chi connectivity index (χ3v) is 6.08. The number of carbonyl (C=O) groups excluding carboxylic acids is 1. The second kappa shape index (κ2) is 10.0. The molecule has 5 aromatic rings. The van der Waals surface area contributed by atoms with Crippen LogP contribution in [0.5, 0.6) is 0 Å². The lowest BCUT2D eigenvalue weighted by molar-refractivity contribution is 0.0935. The molecule has 1 atom stereocenters. The summed E-state index contributed by atoms with van der Waals surface area (Å²) < 4.78 is 0. The topological polar surface area (TPSA) is 130 Å². The second-order valence-corrected chi connectivity index (χ2v) is 8.72. The van der Waals surface area contributed by atoms with Crippen LogP contribution in [-0.2, 0) is 0 Å². The van der Waals surface area contributed by atoms with Crippen molar-refractivity contribution in [3.05, 3.63) is 101 Å². The number of hydrogen-bond acceptors (Lipinski definition) is 7. The van der Waals surface area contributed by atoms with Crippen LogP contribution in [0.1, 0.15) is 34.8 Å². The van der Waals surface area contributed by atoms with Crippen molar-refractivity contribution in [1.29, 1.82) is 5.26 Å². The molecule has 3 heterocycles. The van der Waals surface area contributed by atoms with Crippen LogP contribution in [-0.4, -0.2) is 25.8 Å². The molecule has 1 amide bonds. The van der Waals surface area contributed by atoms with Gasteiger partial charge in [0.05, 0.1) is 33.7 Å². The summed E-state index contributed by atoms with van der Waals surface area (Å²) in [5.74, 6) is -0.532. The van der Waals surface area contributed by atoms with Crippen LogP contribution in [0.3, 0.4) is 0 Å². The first-order valence-electron chi connectivity index (χ1n) is 11.4. The molecule has 0 saturated heterocycles. The number of fused-ring (bicyclic) bond motifs is 1. The number of amides is 1. The summed E-state index contributed by atoms with van der Waals surface area (Å²) in [6, 6.07) is 23.4. The summed E-state index contributed by atoms with van der Waals surface area (Å²) in [5.41, 5.74) is 10.1. The van der Waals surface area contributed by atoms with Gasteiger partial charge in [0.1, 0.15) is 11.8 Å². The van der Waals surface area contributed by atoms with Gasteiger partial charge in [0, 0.05) is 22.7 Å². The SMILES string of the molecule is C[C@@H](NC(=O)c1nc(-c2cc(Cl)c3ncccc3c2)c(-c2ccccc2)nc1N)c1cccc(C#N)n1. The van der Waals surface area contributed by atoms with E-state index in [0.717, 1.165) is 10.9 Å². The van der Waals surface area contributed by atoms with Gasteiger partial charge in [-0.05, 0) is 37.3 Å². The second-order valence-electron chi connectivity index (χ2n) is 8.31. The van der Waals surface area contributed by atoms with E-state index in [4.69, 9.17) is 27.6 Å². The molecule has 0 aliphatic rings. The fraction of sp³-hybridized carbons (Fsp3) is 0.0714. The normalized spacial score (nSPS) is 11.6. The van der Waals surface area contributed by atoms with Crippen LogP contribution in [0.2, 0.25) is 5.02 Å². The van der Waals surface area contributed by atoms with Gasteiger partial charge in [0.15, 0.2) is 11.5 Å². The molecule has 0 aliphatic carbocycles. The maximum Gasteiger partial charge on any atom is 0.274 e. The smallest absolute Gasteiger partial charge is 0.274 e. The zero-order chi connectivity index (χ0) is 25.9. The molecule has 180 valence electrons. The minimum Gasteiger partial charge on any atom is -0.382 e. The zero-order valence-electron chi connectivity index (χ0n) is 19.7. The van der Waals surface area contributed by atoms with E-state index in [9.17, 15) is 4.79 Å². The van der Waals surface area contributed by atoms with E-state index in [1.54, 1.807) is 37.4 Å². The first-order chi connectivity index (χ1) is 17.9. The number of aromatic nitrogens is 4. The molecule has 0 radical (unpaired) electrons. The van der Waals surface area contributed by atoms with Crippen LogP contribution < -0.4 is 11.1 Å². The number of hydrogen-bond donors (Lipinski definition) is 2. The molecular formula is C28H20ClN7O. The highest BCUT2D eigenvalue weighted by Crippen LogP contribution is 2.35. The molecule has 0 unspecified atom stereocenters. The molecule has 3 N–H and O–H groups in total. The number of nitrogen functional groups attached to an aromatic ring is 1. The molecule has 8 nitrogen and oxygen atoms in total. The van der Waals surface area contributed by atoms with Gasteiger partial charge >= 0.3 is 0 Å².